The highest BCUT2D eigenvalue weighted by Crippen LogP contribution is 2.41. The second-order valence-corrected chi connectivity index (χ2v) is 10.5. The summed E-state index contributed by atoms with van der Waals surface area (Å²) in [4.78, 5) is 31.5. The van der Waals surface area contributed by atoms with Gasteiger partial charge < -0.3 is 9.80 Å². The van der Waals surface area contributed by atoms with Gasteiger partial charge in [-0.1, -0.05) is 46.9 Å². The summed E-state index contributed by atoms with van der Waals surface area (Å²) in [5.41, 5.74) is 2.35. The second kappa shape index (κ2) is 10.1. The number of halogens is 3. The summed E-state index contributed by atoms with van der Waals surface area (Å²) in [5, 5.41) is 3.58. The van der Waals surface area contributed by atoms with E-state index < -0.39 is 0 Å². The monoisotopic (exact) mass is 520 g/mol. The Morgan fingerprint density at radius 3 is 2.52 bits per heavy atom. The lowest BCUT2D eigenvalue weighted by Gasteiger charge is -2.38. The molecule has 2 aromatic carbocycles. The third-order valence-electron chi connectivity index (χ3n) is 5.80. The summed E-state index contributed by atoms with van der Waals surface area (Å²) < 4.78 is 0. The predicted molar refractivity (Wildman–Crippen MR) is 136 cm³/mol. The van der Waals surface area contributed by atoms with Gasteiger partial charge in [0.05, 0.1) is 6.04 Å². The fourth-order valence-corrected chi connectivity index (χ4v) is 5.76. The Labute approximate surface area is 212 Å². The number of thiophene rings is 1. The number of carbonyl (C=O) groups excluding carboxylic acids is 2. The number of hydrogen-bond acceptors (Lipinski definition) is 3. The van der Waals surface area contributed by atoms with Crippen LogP contribution in [0.25, 0.3) is 0 Å². The van der Waals surface area contributed by atoms with Gasteiger partial charge in [0.15, 0.2) is 0 Å². The number of fused-ring (bicyclic) bond motifs is 1. The maximum absolute atomic E-state index is 13.6. The predicted octanol–water partition coefficient (Wildman–Crippen LogP) is 6.73. The van der Waals surface area contributed by atoms with E-state index in [0.717, 1.165) is 17.5 Å². The minimum absolute atomic E-state index is 0.0375. The number of amides is 2. The van der Waals surface area contributed by atoms with Gasteiger partial charge >= 0.3 is 0 Å². The van der Waals surface area contributed by atoms with Crippen LogP contribution in [0.1, 0.15) is 46.3 Å². The van der Waals surface area contributed by atoms with Gasteiger partial charge in [-0.2, -0.15) is 0 Å². The van der Waals surface area contributed by atoms with Crippen molar-refractivity contribution in [3.63, 3.8) is 0 Å². The molecule has 0 saturated carbocycles. The molecule has 2 heterocycles. The average molecular weight is 522 g/mol. The Balaban J connectivity index is 1.66. The van der Waals surface area contributed by atoms with E-state index >= 15 is 0 Å². The summed E-state index contributed by atoms with van der Waals surface area (Å²) >= 11 is 20.5. The molecule has 0 radical (unpaired) electrons. The van der Waals surface area contributed by atoms with Crippen LogP contribution in [0.3, 0.4) is 0 Å². The fraction of sp³-hybridized carbons (Fsp3) is 0.280. The van der Waals surface area contributed by atoms with E-state index in [9.17, 15) is 9.59 Å². The lowest BCUT2D eigenvalue weighted by Crippen LogP contribution is -2.48. The Hall–Kier alpha value is -2.05. The van der Waals surface area contributed by atoms with Crippen LogP contribution in [-0.4, -0.2) is 40.7 Å². The summed E-state index contributed by atoms with van der Waals surface area (Å²) in [7, 11) is 0. The van der Waals surface area contributed by atoms with Crippen molar-refractivity contribution in [2.45, 2.75) is 32.4 Å². The number of nitrogens with zero attached hydrogens (tertiary/aromatic N) is 2. The van der Waals surface area contributed by atoms with Crippen molar-refractivity contribution in [1.29, 1.82) is 0 Å². The number of rotatable bonds is 5. The van der Waals surface area contributed by atoms with E-state index in [4.69, 9.17) is 34.8 Å². The Kier molecular flexibility index (Phi) is 7.34. The molecule has 0 bridgehead atoms. The van der Waals surface area contributed by atoms with E-state index in [0.29, 0.717) is 27.2 Å². The van der Waals surface area contributed by atoms with Crippen molar-refractivity contribution in [2.24, 2.45) is 0 Å². The van der Waals surface area contributed by atoms with E-state index in [1.54, 1.807) is 52.6 Å². The molecular weight excluding hydrogens is 499 g/mol. The normalized spacial score (nSPS) is 15.5. The van der Waals surface area contributed by atoms with Gasteiger partial charge in [0.2, 0.25) is 5.91 Å². The second-order valence-electron chi connectivity index (χ2n) is 8.24. The van der Waals surface area contributed by atoms with Crippen LogP contribution >= 0.6 is 46.1 Å². The maximum Gasteiger partial charge on any atom is 0.254 e. The molecule has 33 heavy (non-hydrogen) atoms. The first-order chi connectivity index (χ1) is 15.8. The number of carbonyl (C=O) groups is 2. The summed E-state index contributed by atoms with van der Waals surface area (Å²) in [5.74, 6) is -0.359. The molecule has 4 nitrogen and oxygen atoms in total. The molecule has 0 spiro atoms. The first-order valence-electron chi connectivity index (χ1n) is 10.6. The van der Waals surface area contributed by atoms with Gasteiger partial charge in [0.25, 0.3) is 5.91 Å². The Morgan fingerprint density at radius 2 is 1.82 bits per heavy atom. The topological polar surface area (TPSA) is 40.6 Å². The zero-order valence-electron chi connectivity index (χ0n) is 18.2. The largest absolute Gasteiger partial charge is 0.330 e. The molecule has 8 heteroatoms. The molecule has 172 valence electrons. The van der Waals surface area contributed by atoms with Crippen molar-refractivity contribution in [3.05, 3.63) is 90.5 Å². The Morgan fingerprint density at radius 1 is 1.06 bits per heavy atom. The van der Waals surface area contributed by atoms with Crippen LogP contribution in [-0.2, 0) is 11.2 Å². The van der Waals surface area contributed by atoms with Crippen molar-refractivity contribution in [1.82, 2.24) is 9.80 Å². The lowest BCUT2D eigenvalue weighted by atomic mass is 9.93. The van der Waals surface area contributed by atoms with Gasteiger partial charge in [-0.05, 0) is 73.2 Å². The highest BCUT2D eigenvalue weighted by molar-refractivity contribution is 7.10. The maximum atomic E-state index is 13.6. The third-order valence-corrected chi connectivity index (χ3v) is 7.60. The van der Waals surface area contributed by atoms with E-state index in [1.165, 1.54) is 4.88 Å². The molecule has 1 aliphatic rings. The van der Waals surface area contributed by atoms with Crippen molar-refractivity contribution < 1.29 is 9.59 Å². The Bertz CT molecular complexity index is 1190. The van der Waals surface area contributed by atoms with E-state index in [2.05, 4.69) is 0 Å². The van der Waals surface area contributed by atoms with Gasteiger partial charge in [-0.15, -0.1) is 11.3 Å². The van der Waals surface area contributed by atoms with Crippen LogP contribution < -0.4 is 0 Å². The van der Waals surface area contributed by atoms with Crippen LogP contribution in [0.4, 0.5) is 0 Å². The smallest absolute Gasteiger partial charge is 0.254 e. The fourth-order valence-electron chi connectivity index (χ4n) is 4.16. The first-order valence-corrected chi connectivity index (χ1v) is 12.6. The quantitative estimate of drug-likeness (QED) is 0.373. The lowest BCUT2D eigenvalue weighted by molar-refractivity contribution is -0.134. The van der Waals surface area contributed by atoms with E-state index in [1.807, 2.05) is 36.3 Å². The van der Waals surface area contributed by atoms with Crippen molar-refractivity contribution in [2.75, 3.05) is 13.1 Å². The standard InChI is InChI=1S/C25H23Cl3N2O2S/c1-15(2)30(25(32)16-4-3-5-17(26)12-16)14-23(31)29-10-8-22-20(9-11-33-22)24(29)19-7-6-18(27)13-21(19)28/h3-7,9,11-13,15,24H,8,10,14H2,1-2H3. The van der Waals surface area contributed by atoms with Gasteiger partial charge in [0, 0.05) is 38.1 Å². The molecule has 0 aliphatic carbocycles. The summed E-state index contributed by atoms with van der Waals surface area (Å²) in [6.45, 7) is 4.31. The van der Waals surface area contributed by atoms with Crippen LogP contribution in [0.2, 0.25) is 15.1 Å². The molecule has 3 aromatic rings. The van der Waals surface area contributed by atoms with Crippen LogP contribution in [0, 0.1) is 0 Å². The van der Waals surface area contributed by atoms with Crippen molar-refractivity contribution in [3.8, 4) is 0 Å². The first kappa shape index (κ1) is 24.1. The van der Waals surface area contributed by atoms with Crippen molar-refractivity contribution >= 4 is 58.0 Å². The van der Waals surface area contributed by atoms with Gasteiger partial charge in [-0.3, -0.25) is 9.59 Å². The zero-order chi connectivity index (χ0) is 23.7. The molecular formula is C25H23Cl3N2O2S. The van der Waals surface area contributed by atoms with Gasteiger partial charge in [0.1, 0.15) is 6.54 Å². The number of benzene rings is 2. The number of hydrogen-bond donors (Lipinski definition) is 0. The highest BCUT2D eigenvalue weighted by atomic mass is 35.5. The molecule has 0 fully saturated rings. The summed E-state index contributed by atoms with van der Waals surface area (Å²) in [6.07, 6.45) is 0.768. The molecule has 0 N–H and O–H groups in total. The molecule has 1 atom stereocenters. The van der Waals surface area contributed by atoms with Crippen LogP contribution in [0.5, 0.6) is 0 Å². The SMILES string of the molecule is CC(C)N(CC(=O)N1CCc2sccc2C1c1ccc(Cl)cc1Cl)C(=O)c1cccc(Cl)c1. The molecule has 0 saturated heterocycles. The van der Waals surface area contributed by atoms with Crippen LogP contribution in [0.15, 0.2) is 53.9 Å². The molecule has 2 amide bonds. The van der Waals surface area contributed by atoms with E-state index in [-0.39, 0.29) is 30.4 Å². The minimum atomic E-state index is -0.326. The zero-order valence-corrected chi connectivity index (χ0v) is 21.3. The molecule has 4 rings (SSSR count). The van der Waals surface area contributed by atoms with Gasteiger partial charge in [-0.25, -0.2) is 0 Å². The molecule has 1 aromatic heterocycles. The molecule has 1 aliphatic heterocycles. The minimum Gasteiger partial charge on any atom is -0.330 e. The third kappa shape index (κ3) is 5.07. The highest BCUT2D eigenvalue weighted by Gasteiger charge is 2.35. The average Bonchev–Trinajstić information content (AvgIpc) is 3.25. The molecule has 1 unspecified atom stereocenters. The summed E-state index contributed by atoms with van der Waals surface area (Å²) in [6, 6.07) is 13.7.